The number of nitrogens with one attached hydrogen (secondary N) is 1. The molecule has 8 heteroatoms. The first-order valence-electron chi connectivity index (χ1n) is 9.93. The molecule has 0 saturated heterocycles. The van der Waals surface area contributed by atoms with Crippen LogP contribution >= 0.6 is 15.9 Å². The maximum Gasteiger partial charge on any atom is 0.266 e. The molecule has 168 valence electrons. The summed E-state index contributed by atoms with van der Waals surface area (Å²) in [5, 5.41) is 11.9. The van der Waals surface area contributed by atoms with Crippen molar-refractivity contribution in [1.82, 2.24) is 0 Å². The average molecular weight is 513 g/mol. The summed E-state index contributed by atoms with van der Waals surface area (Å²) >= 11 is 3.40. The molecule has 0 aliphatic heterocycles. The highest BCUT2D eigenvalue weighted by molar-refractivity contribution is 9.10. The molecule has 0 aromatic heterocycles. The first kappa shape index (κ1) is 24.0. The number of halogens is 3. The van der Waals surface area contributed by atoms with Gasteiger partial charge in [0, 0.05) is 10.0 Å². The number of carbonyl (C=O) groups excluding carboxylic acids is 1. The summed E-state index contributed by atoms with van der Waals surface area (Å²) < 4.78 is 39.6. The molecule has 3 aromatic rings. The molecule has 5 nitrogen and oxygen atoms in total. The lowest BCUT2D eigenvalue weighted by Crippen LogP contribution is -2.14. The summed E-state index contributed by atoms with van der Waals surface area (Å²) in [6.45, 7) is 2.11. The quantitative estimate of drug-likeness (QED) is 0.286. The van der Waals surface area contributed by atoms with Gasteiger partial charge in [-0.05, 0) is 48.9 Å². The molecule has 0 atom stereocenters. The highest BCUT2D eigenvalue weighted by Gasteiger charge is 2.15. The number of nitrogens with zero attached hydrogens (tertiary/aromatic N) is 1. The van der Waals surface area contributed by atoms with Crippen LogP contribution in [0, 0.1) is 23.0 Å². The molecule has 3 rings (SSSR count). The number of hydrogen-bond donors (Lipinski definition) is 1. The van der Waals surface area contributed by atoms with Crippen LogP contribution in [0.2, 0.25) is 0 Å². The van der Waals surface area contributed by atoms with E-state index in [0.717, 1.165) is 0 Å². The lowest BCUT2D eigenvalue weighted by Gasteiger charge is -2.14. The molecule has 0 aliphatic rings. The predicted molar refractivity (Wildman–Crippen MR) is 125 cm³/mol. The van der Waals surface area contributed by atoms with E-state index in [0.29, 0.717) is 33.7 Å². The molecule has 33 heavy (non-hydrogen) atoms. The Hall–Kier alpha value is -3.70. The molecule has 1 amide bonds. The Morgan fingerprint density at radius 3 is 2.39 bits per heavy atom. The fourth-order valence-electron chi connectivity index (χ4n) is 2.87. The van der Waals surface area contributed by atoms with Crippen LogP contribution in [0.15, 0.2) is 70.7 Å². The van der Waals surface area contributed by atoms with E-state index >= 15 is 0 Å². The third-order valence-electron chi connectivity index (χ3n) is 4.49. The Kier molecular flexibility index (Phi) is 8.17. The molecule has 0 bridgehead atoms. The maximum atomic E-state index is 13.9. The van der Waals surface area contributed by atoms with Crippen LogP contribution in [0.5, 0.6) is 11.5 Å². The van der Waals surface area contributed by atoms with Crippen LogP contribution in [0.25, 0.3) is 6.08 Å². The first-order chi connectivity index (χ1) is 15.9. The van der Waals surface area contributed by atoms with Crippen LogP contribution < -0.4 is 14.8 Å². The molecule has 0 fully saturated rings. The van der Waals surface area contributed by atoms with E-state index in [1.807, 2.05) is 6.07 Å². The van der Waals surface area contributed by atoms with Gasteiger partial charge in [0.05, 0.1) is 12.3 Å². The molecule has 0 radical (unpaired) electrons. The third-order valence-corrected chi connectivity index (χ3v) is 5.18. The average Bonchev–Trinajstić information content (AvgIpc) is 2.80. The zero-order valence-corrected chi connectivity index (χ0v) is 19.2. The Morgan fingerprint density at radius 2 is 1.73 bits per heavy atom. The zero-order chi connectivity index (χ0) is 23.8. The fraction of sp³-hybridized carbons (Fsp3) is 0.120. The van der Waals surface area contributed by atoms with Gasteiger partial charge in [-0.1, -0.05) is 46.3 Å². The molecular weight excluding hydrogens is 494 g/mol. The van der Waals surface area contributed by atoms with Crippen LogP contribution in [-0.4, -0.2) is 12.5 Å². The van der Waals surface area contributed by atoms with Crippen molar-refractivity contribution in [2.45, 2.75) is 13.5 Å². The molecule has 1 N–H and O–H groups in total. The van der Waals surface area contributed by atoms with E-state index in [2.05, 4.69) is 21.2 Å². The van der Waals surface area contributed by atoms with Gasteiger partial charge in [-0.15, -0.1) is 0 Å². The molecule has 0 unspecified atom stereocenters. The second-order valence-electron chi connectivity index (χ2n) is 6.74. The smallest absolute Gasteiger partial charge is 0.266 e. The van der Waals surface area contributed by atoms with E-state index in [1.165, 1.54) is 30.3 Å². The van der Waals surface area contributed by atoms with Gasteiger partial charge in [0.15, 0.2) is 11.5 Å². The zero-order valence-electron chi connectivity index (χ0n) is 17.6. The number of rotatable bonds is 8. The topological polar surface area (TPSA) is 71.3 Å². The molecular formula is C25H19BrF2N2O3. The van der Waals surface area contributed by atoms with Crippen molar-refractivity contribution in [2.24, 2.45) is 0 Å². The number of amides is 1. The highest BCUT2D eigenvalue weighted by atomic mass is 79.9. The summed E-state index contributed by atoms with van der Waals surface area (Å²) in [6.07, 6.45) is 1.35. The van der Waals surface area contributed by atoms with Crippen molar-refractivity contribution in [1.29, 1.82) is 5.26 Å². The largest absolute Gasteiger partial charge is 0.490 e. The number of nitriles is 1. The highest BCUT2D eigenvalue weighted by Crippen LogP contribution is 2.35. The number of para-hydroxylation sites is 1. The van der Waals surface area contributed by atoms with Gasteiger partial charge in [0.1, 0.15) is 29.9 Å². The standard InChI is InChI=1S/C25H19BrF2N2O3/c1-2-32-23-12-17(11-18(14-29)25(31)30-22-10-6-5-9-21(22)28)19(26)13-24(23)33-15-16-7-3-4-8-20(16)27/h3-13H,2,15H2,1H3,(H,30,31)/b18-11-. The number of ether oxygens (including phenoxy) is 2. The van der Waals surface area contributed by atoms with Gasteiger partial charge in [0.25, 0.3) is 5.91 Å². The van der Waals surface area contributed by atoms with E-state index in [4.69, 9.17) is 9.47 Å². The molecule has 0 heterocycles. The van der Waals surface area contributed by atoms with E-state index in [9.17, 15) is 18.8 Å². The molecule has 0 aliphatic carbocycles. The molecule has 0 saturated carbocycles. The summed E-state index contributed by atoms with van der Waals surface area (Å²) in [4.78, 5) is 12.5. The number of benzene rings is 3. The maximum absolute atomic E-state index is 13.9. The van der Waals surface area contributed by atoms with Crippen LogP contribution in [-0.2, 0) is 11.4 Å². The van der Waals surface area contributed by atoms with E-state index in [-0.39, 0.29) is 23.7 Å². The Balaban J connectivity index is 1.87. The molecule has 3 aromatic carbocycles. The summed E-state index contributed by atoms with van der Waals surface area (Å²) in [6, 6.07) is 17.0. The Bertz CT molecular complexity index is 1240. The van der Waals surface area contributed by atoms with Crippen molar-refractivity contribution in [2.75, 3.05) is 11.9 Å². The minimum atomic E-state index is -0.757. The van der Waals surface area contributed by atoms with Gasteiger partial charge < -0.3 is 14.8 Å². The minimum absolute atomic E-state index is 0.0110. The van der Waals surface area contributed by atoms with E-state index < -0.39 is 11.7 Å². The van der Waals surface area contributed by atoms with Gasteiger partial charge in [-0.2, -0.15) is 5.26 Å². The van der Waals surface area contributed by atoms with Crippen molar-refractivity contribution < 1.29 is 23.0 Å². The van der Waals surface area contributed by atoms with Gasteiger partial charge in [0.2, 0.25) is 0 Å². The van der Waals surface area contributed by atoms with Crippen molar-refractivity contribution in [3.63, 3.8) is 0 Å². The monoisotopic (exact) mass is 512 g/mol. The fourth-order valence-corrected chi connectivity index (χ4v) is 3.31. The van der Waals surface area contributed by atoms with Crippen molar-refractivity contribution >= 4 is 33.6 Å². The lowest BCUT2D eigenvalue weighted by atomic mass is 10.1. The third kappa shape index (κ3) is 6.18. The van der Waals surface area contributed by atoms with Crippen LogP contribution in [0.3, 0.4) is 0 Å². The van der Waals surface area contributed by atoms with Gasteiger partial charge in [-0.3, -0.25) is 4.79 Å². The second-order valence-corrected chi connectivity index (χ2v) is 7.59. The van der Waals surface area contributed by atoms with Crippen molar-refractivity contribution in [3.05, 3.63) is 93.5 Å². The van der Waals surface area contributed by atoms with E-state index in [1.54, 1.807) is 43.3 Å². The lowest BCUT2D eigenvalue weighted by molar-refractivity contribution is -0.112. The summed E-state index contributed by atoms with van der Waals surface area (Å²) in [7, 11) is 0. The first-order valence-corrected chi connectivity index (χ1v) is 10.7. The van der Waals surface area contributed by atoms with Gasteiger partial charge in [-0.25, -0.2) is 8.78 Å². The normalized spacial score (nSPS) is 10.9. The number of hydrogen-bond acceptors (Lipinski definition) is 4. The summed E-state index contributed by atoms with van der Waals surface area (Å²) in [5.74, 6) is -1.03. The number of anilines is 1. The van der Waals surface area contributed by atoms with Gasteiger partial charge >= 0.3 is 0 Å². The van der Waals surface area contributed by atoms with Crippen LogP contribution in [0.1, 0.15) is 18.1 Å². The number of carbonyl (C=O) groups is 1. The Labute approximate surface area is 198 Å². The predicted octanol–water partition coefficient (Wildman–Crippen LogP) is 6.25. The second kappa shape index (κ2) is 11.2. The minimum Gasteiger partial charge on any atom is -0.490 e. The van der Waals surface area contributed by atoms with Crippen LogP contribution in [0.4, 0.5) is 14.5 Å². The molecule has 0 spiro atoms. The summed E-state index contributed by atoms with van der Waals surface area (Å²) in [5.41, 5.74) is 0.588. The van der Waals surface area contributed by atoms with Crippen molar-refractivity contribution in [3.8, 4) is 17.6 Å². The SMILES string of the molecule is CCOc1cc(/C=C(/C#N)C(=O)Nc2ccccc2F)c(Br)cc1OCc1ccccc1F. The Morgan fingerprint density at radius 1 is 1.06 bits per heavy atom.